The van der Waals surface area contributed by atoms with Gasteiger partial charge >= 0.3 is 5.69 Å². The van der Waals surface area contributed by atoms with E-state index in [1.165, 1.54) is 13.8 Å². The maximum absolute atomic E-state index is 13.5. The topological polar surface area (TPSA) is 101 Å². The van der Waals surface area contributed by atoms with Crippen molar-refractivity contribution in [2.45, 2.75) is 30.8 Å². The molecule has 1 fully saturated rings. The minimum absolute atomic E-state index is 0.0876. The monoisotopic (exact) mass is 318 g/mol. The van der Waals surface area contributed by atoms with E-state index in [0.29, 0.717) is 0 Å². The first-order valence-electron chi connectivity index (χ1n) is 6.22. The second-order valence-electron chi connectivity index (χ2n) is 5.41. The lowest BCUT2D eigenvalue weighted by Crippen LogP contribution is -2.34. The number of nitro groups is 1. The molecule has 7 nitrogen and oxygen atoms in total. The highest BCUT2D eigenvalue weighted by Gasteiger charge is 2.39. The van der Waals surface area contributed by atoms with Crippen LogP contribution in [0.1, 0.15) is 18.9 Å². The van der Waals surface area contributed by atoms with Crippen molar-refractivity contribution in [2.24, 2.45) is 0 Å². The number of nitrogens with zero attached hydrogens (tertiary/aromatic N) is 2. The highest BCUT2D eigenvalue weighted by Crippen LogP contribution is 2.31. The molecule has 1 N–H and O–H groups in total. The summed E-state index contributed by atoms with van der Waals surface area (Å²) in [5.74, 6) is -1.08. The van der Waals surface area contributed by atoms with E-state index >= 15 is 0 Å². The predicted molar refractivity (Wildman–Crippen MR) is 71.8 cm³/mol. The number of halogens is 1. The highest BCUT2D eigenvalue weighted by atomic mass is 32.2. The molecule has 1 unspecified atom stereocenters. The summed E-state index contributed by atoms with van der Waals surface area (Å²) in [5.41, 5.74) is -1.93. The van der Waals surface area contributed by atoms with Gasteiger partial charge in [0.2, 0.25) is 15.8 Å². The summed E-state index contributed by atoms with van der Waals surface area (Å²) < 4.78 is 39.5. The molecule has 1 aliphatic heterocycles. The van der Waals surface area contributed by atoms with E-state index in [4.69, 9.17) is 0 Å². The quantitative estimate of drug-likeness (QED) is 0.666. The van der Waals surface area contributed by atoms with Gasteiger partial charge in [0, 0.05) is 19.2 Å². The number of rotatable bonds is 3. The Kier molecular flexibility index (Phi) is 3.77. The molecule has 0 spiro atoms. The molecule has 0 aliphatic carbocycles. The molecule has 1 saturated heterocycles. The van der Waals surface area contributed by atoms with Crippen molar-refractivity contribution < 1.29 is 22.8 Å². The van der Waals surface area contributed by atoms with Crippen molar-refractivity contribution in [1.82, 2.24) is 4.31 Å². The van der Waals surface area contributed by atoms with Gasteiger partial charge in [-0.05, 0) is 31.9 Å². The van der Waals surface area contributed by atoms with Gasteiger partial charge in [0.1, 0.15) is 0 Å². The molecule has 0 aromatic heterocycles. The summed E-state index contributed by atoms with van der Waals surface area (Å²) in [7, 11) is -4.01. The smallest absolute Gasteiger partial charge is 0.306 e. The first kappa shape index (κ1) is 15.8. The Morgan fingerprint density at radius 2 is 2.10 bits per heavy atom. The van der Waals surface area contributed by atoms with Gasteiger partial charge in [0.15, 0.2) is 0 Å². The fraction of sp³-hybridized carbons (Fsp3) is 0.500. The number of hydrogen-bond donors (Lipinski definition) is 1. The van der Waals surface area contributed by atoms with Crippen molar-refractivity contribution in [3.63, 3.8) is 0 Å². The Bertz CT molecular complexity index is 702. The fourth-order valence-electron chi connectivity index (χ4n) is 2.31. The number of aliphatic hydroxyl groups is 1. The molecule has 1 atom stereocenters. The van der Waals surface area contributed by atoms with Crippen LogP contribution in [-0.4, -0.2) is 41.4 Å². The molecule has 21 heavy (non-hydrogen) atoms. The predicted octanol–water partition coefficient (Wildman–Crippen LogP) is 1.19. The van der Waals surface area contributed by atoms with Crippen LogP contribution in [0.5, 0.6) is 0 Å². The van der Waals surface area contributed by atoms with Gasteiger partial charge in [-0.2, -0.15) is 8.70 Å². The van der Waals surface area contributed by atoms with E-state index in [0.717, 1.165) is 16.4 Å². The van der Waals surface area contributed by atoms with E-state index in [1.807, 2.05) is 0 Å². The van der Waals surface area contributed by atoms with Gasteiger partial charge in [0.05, 0.1) is 15.4 Å². The third-order valence-corrected chi connectivity index (χ3v) is 5.46. The lowest BCUT2D eigenvalue weighted by molar-refractivity contribution is -0.387. The van der Waals surface area contributed by atoms with Gasteiger partial charge in [-0.3, -0.25) is 10.1 Å². The summed E-state index contributed by atoms with van der Waals surface area (Å²) in [5, 5.41) is 20.6. The zero-order valence-corrected chi connectivity index (χ0v) is 12.4. The second kappa shape index (κ2) is 5.00. The normalized spacial score (nSPS) is 23.4. The lowest BCUT2D eigenvalue weighted by atomic mass is 10.1. The maximum atomic E-state index is 13.5. The molecule has 0 amide bonds. The van der Waals surface area contributed by atoms with Gasteiger partial charge < -0.3 is 5.11 Å². The van der Waals surface area contributed by atoms with Crippen molar-refractivity contribution in [2.75, 3.05) is 13.1 Å². The van der Waals surface area contributed by atoms with E-state index < -0.39 is 32.1 Å². The average molecular weight is 318 g/mol. The molecule has 2 rings (SSSR count). The Labute approximate surface area is 121 Å². The van der Waals surface area contributed by atoms with E-state index in [9.17, 15) is 28.0 Å². The summed E-state index contributed by atoms with van der Waals surface area (Å²) in [6, 6.07) is 1.56. The van der Waals surface area contributed by atoms with Crippen LogP contribution in [-0.2, 0) is 10.0 Å². The molecule has 116 valence electrons. The number of hydrogen-bond acceptors (Lipinski definition) is 5. The summed E-state index contributed by atoms with van der Waals surface area (Å²) in [6.45, 7) is 2.90. The fourth-order valence-corrected chi connectivity index (χ4v) is 4.09. The van der Waals surface area contributed by atoms with Crippen LogP contribution < -0.4 is 0 Å². The zero-order chi connectivity index (χ0) is 16.0. The second-order valence-corrected chi connectivity index (χ2v) is 7.32. The van der Waals surface area contributed by atoms with Crippen LogP contribution in [0.3, 0.4) is 0 Å². The first-order chi connectivity index (χ1) is 9.54. The van der Waals surface area contributed by atoms with Gasteiger partial charge in [-0.15, -0.1) is 0 Å². The van der Waals surface area contributed by atoms with Crippen LogP contribution in [0.2, 0.25) is 0 Å². The molecule has 1 aliphatic rings. The van der Waals surface area contributed by atoms with Crippen LogP contribution in [0, 0.1) is 22.9 Å². The third kappa shape index (κ3) is 2.89. The van der Waals surface area contributed by atoms with Crippen LogP contribution in [0.15, 0.2) is 17.0 Å². The Balaban J connectivity index is 2.51. The van der Waals surface area contributed by atoms with Gasteiger partial charge in [-0.25, -0.2) is 8.42 Å². The van der Waals surface area contributed by atoms with Crippen LogP contribution in [0.25, 0.3) is 0 Å². The molecule has 1 aromatic rings. The number of β-amino-alcohol motifs (C(OH)–C–C–N with tert-alkyl or cyclic N) is 1. The lowest BCUT2D eigenvalue weighted by Gasteiger charge is -2.19. The van der Waals surface area contributed by atoms with Crippen molar-refractivity contribution in [1.29, 1.82) is 0 Å². The number of sulfonamides is 1. The molecule has 1 heterocycles. The van der Waals surface area contributed by atoms with E-state index in [1.54, 1.807) is 0 Å². The first-order valence-corrected chi connectivity index (χ1v) is 7.66. The standard InChI is InChI=1S/C12H15FN2O5S/c1-8-5-9(13)10(15(17)18)6-11(8)21(19,20)14-4-3-12(2,16)7-14/h5-6,16H,3-4,7H2,1-2H3. The molecular formula is C12H15FN2O5S. The minimum Gasteiger partial charge on any atom is -0.389 e. The van der Waals surface area contributed by atoms with E-state index in [-0.39, 0.29) is 30.0 Å². The highest BCUT2D eigenvalue weighted by molar-refractivity contribution is 7.89. The summed E-state index contributed by atoms with van der Waals surface area (Å²) in [4.78, 5) is 9.48. The molecule has 1 aromatic carbocycles. The van der Waals surface area contributed by atoms with Crippen molar-refractivity contribution >= 4 is 15.7 Å². The molecular weight excluding hydrogens is 303 g/mol. The number of nitro benzene ring substituents is 1. The maximum Gasteiger partial charge on any atom is 0.306 e. The van der Waals surface area contributed by atoms with Crippen molar-refractivity contribution in [3.05, 3.63) is 33.6 Å². The van der Waals surface area contributed by atoms with E-state index in [2.05, 4.69) is 0 Å². The van der Waals surface area contributed by atoms with Gasteiger partial charge in [-0.1, -0.05) is 0 Å². The SMILES string of the molecule is Cc1cc(F)c([N+](=O)[O-])cc1S(=O)(=O)N1CCC(C)(O)C1. The third-order valence-electron chi connectivity index (χ3n) is 3.48. The largest absolute Gasteiger partial charge is 0.389 e. The summed E-state index contributed by atoms with van der Waals surface area (Å²) >= 11 is 0. The van der Waals surface area contributed by atoms with Crippen molar-refractivity contribution in [3.8, 4) is 0 Å². The molecule has 0 saturated carbocycles. The van der Waals surface area contributed by atoms with Crippen LogP contribution >= 0.6 is 0 Å². The zero-order valence-electron chi connectivity index (χ0n) is 11.5. The Hall–Kier alpha value is -1.58. The molecule has 0 bridgehead atoms. The number of aryl methyl sites for hydroxylation is 1. The Morgan fingerprint density at radius 1 is 1.48 bits per heavy atom. The average Bonchev–Trinajstić information content (AvgIpc) is 2.69. The summed E-state index contributed by atoms with van der Waals surface area (Å²) in [6.07, 6.45) is 0.272. The van der Waals surface area contributed by atoms with Gasteiger partial charge in [0.25, 0.3) is 0 Å². The van der Waals surface area contributed by atoms with Crippen LogP contribution in [0.4, 0.5) is 10.1 Å². The minimum atomic E-state index is -4.01. The Morgan fingerprint density at radius 3 is 2.57 bits per heavy atom. The number of benzene rings is 1. The molecule has 9 heteroatoms. The molecule has 0 radical (unpaired) electrons.